The molecule has 144 valence electrons. The molecule has 0 radical (unpaired) electrons. The maximum absolute atomic E-state index is 13.0. The van der Waals surface area contributed by atoms with Crippen LogP contribution < -0.4 is 10.1 Å². The van der Waals surface area contributed by atoms with Crippen molar-refractivity contribution in [1.29, 1.82) is 0 Å². The minimum absolute atomic E-state index is 0.00360. The minimum Gasteiger partial charge on any atom is -0.497 e. The number of nitrogens with one attached hydrogen (secondary N) is 1. The third kappa shape index (κ3) is 4.21. The second kappa shape index (κ2) is 8.37. The third-order valence-corrected chi connectivity index (χ3v) is 5.15. The van der Waals surface area contributed by atoms with Crippen LogP contribution in [-0.4, -0.2) is 48.4 Å². The van der Waals surface area contributed by atoms with Gasteiger partial charge in [-0.15, -0.1) is 0 Å². The average molecular weight is 369 g/mol. The number of benzene rings is 1. The van der Waals surface area contributed by atoms with Crippen molar-refractivity contribution in [3.05, 3.63) is 35.5 Å². The molecule has 2 amide bonds. The predicted molar refractivity (Wildman–Crippen MR) is 105 cm³/mol. The van der Waals surface area contributed by atoms with Crippen LogP contribution >= 0.6 is 0 Å². The molecule has 6 heteroatoms. The minimum atomic E-state index is -0.00913. The summed E-state index contributed by atoms with van der Waals surface area (Å²) in [5, 5.41) is 3.87. The van der Waals surface area contributed by atoms with Crippen molar-refractivity contribution in [3.63, 3.8) is 0 Å². The Bertz CT molecular complexity index is 842. The zero-order chi connectivity index (χ0) is 19.4. The second-order valence-electron chi connectivity index (χ2n) is 7.04. The molecule has 1 aromatic carbocycles. The van der Waals surface area contributed by atoms with E-state index in [0.717, 1.165) is 23.1 Å². The van der Waals surface area contributed by atoms with Gasteiger partial charge in [0.05, 0.1) is 23.9 Å². The standard InChI is InChI=1S/C21H27N3O3/c1-4-9-22-20(25)15-7-10-24(11-8-15)21(26)18-12-16-5-6-17(27-3)13-19(16)23-14(18)2/h5-6,12-13,15H,4,7-11H2,1-3H3,(H,22,25). The van der Waals surface area contributed by atoms with Crippen LogP contribution in [0.15, 0.2) is 24.3 Å². The van der Waals surface area contributed by atoms with Gasteiger partial charge in [0.2, 0.25) is 5.91 Å². The van der Waals surface area contributed by atoms with Crippen molar-refractivity contribution in [1.82, 2.24) is 15.2 Å². The molecule has 6 nitrogen and oxygen atoms in total. The van der Waals surface area contributed by atoms with E-state index in [0.29, 0.717) is 43.7 Å². The van der Waals surface area contributed by atoms with Crippen molar-refractivity contribution < 1.29 is 14.3 Å². The molecule has 1 saturated heterocycles. The molecule has 0 unspecified atom stereocenters. The SMILES string of the molecule is CCCNC(=O)C1CCN(C(=O)c2cc3ccc(OC)cc3nc2C)CC1. The summed E-state index contributed by atoms with van der Waals surface area (Å²) >= 11 is 0. The number of carbonyl (C=O) groups is 2. The number of likely N-dealkylation sites (tertiary alicyclic amines) is 1. The lowest BCUT2D eigenvalue weighted by atomic mass is 9.95. The van der Waals surface area contributed by atoms with Crippen molar-refractivity contribution in [2.75, 3.05) is 26.7 Å². The second-order valence-corrected chi connectivity index (χ2v) is 7.04. The van der Waals surface area contributed by atoms with Gasteiger partial charge < -0.3 is 15.0 Å². The molecule has 1 aliphatic heterocycles. The van der Waals surface area contributed by atoms with Gasteiger partial charge in [0, 0.05) is 37.0 Å². The van der Waals surface area contributed by atoms with E-state index in [9.17, 15) is 9.59 Å². The smallest absolute Gasteiger partial charge is 0.255 e. The summed E-state index contributed by atoms with van der Waals surface area (Å²) in [6.07, 6.45) is 2.35. The molecule has 2 heterocycles. The van der Waals surface area contributed by atoms with E-state index in [1.165, 1.54) is 0 Å². The fraction of sp³-hybridized carbons (Fsp3) is 0.476. The Morgan fingerprint density at radius 3 is 2.67 bits per heavy atom. The Labute approximate surface area is 159 Å². The highest BCUT2D eigenvalue weighted by atomic mass is 16.5. The monoisotopic (exact) mass is 369 g/mol. The summed E-state index contributed by atoms with van der Waals surface area (Å²) in [6, 6.07) is 7.56. The summed E-state index contributed by atoms with van der Waals surface area (Å²) in [5.74, 6) is 0.854. The number of amides is 2. The first-order chi connectivity index (χ1) is 13.0. The molecule has 0 atom stereocenters. The van der Waals surface area contributed by atoms with Gasteiger partial charge in [-0.05, 0) is 44.4 Å². The number of carbonyl (C=O) groups excluding carboxylic acids is 2. The van der Waals surface area contributed by atoms with Gasteiger partial charge in [-0.25, -0.2) is 0 Å². The normalized spacial score (nSPS) is 15.0. The van der Waals surface area contributed by atoms with Crippen molar-refractivity contribution in [2.24, 2.45) is 5.92 Å². The zero-order valence-corrected chi connectivity index (χ0v) is 16.2. The number of aromatic nitrogens is 1. The molecular weight excluding hydrogens is 342 g/mol. The van der Waals surface area contributed by atoms with E-state index in [1.807, 2.05) is 43.0 Å². The Morgan fingerprint density at radius 1 is 1.26 bits per heavy atom. The molecule has 0 aliphatic carbocycles. The number of piperidine rings is 1. The summed E-state index contributed by atoms with van der Waals surface area (Å²) < 4.78 is 5.24. The van der Waals surface area contributed by atoms with E-state index in [4.69, 9.17) is 4.74 Å². The molecule has 1 aliphatic rings. The van der Waals surface area contributed by atoms with E-state index >= 15 is 0 Å². The van der Waals surface area contributed by atoms with E-state index < -0.39 is 0 Å². The topological polar surface area (TPSA) is 71.5 Å². The van der Waals surface area contributed by atoms with Gasteiger partial charge in [-0.3, -0.25) is 14.6 Å². The maximum atomic E-state index is 13.0. The molecule has 0 saturated carbocycles. The Morgan fingerprint density at radius 2 is 2.00 bits per heavy atom. The maximum Gasteiger partial charge on any atom is 0.255 e. The molecular formula is C21H27N3O3. The molecule has 2 aromatic rings. The zero-order valence-electron chi connectivity index (χ0n) is 16.2. The van der Waals surface area contributed by atoms with Crippen molar-refractivity contribution in [2.45, 2.75) is 33.1 Å². The van der Waals surface area contributed by atoms with Crippen LogP contribution in [0.5, 0.6) is 5.75 Å². The van der Waals surface area contributed by atoms with Gasteiger partial charge >= 0.3 is 0 Å². The molecule has 0 spiro atoms. The first kappa shape index (κ1) is 19.1. The molecule has 1 aromatic heterocycles. The lowest BCUT2D eigenvalue weighted by Crippen LogP contribution is -2.43. The fourth-order valence-corrected chi connectivity index (χ4v) is 3.49. The van der Waals surface area contributed by atoms with Gasteiger partial charge in [0.1, 0.15) is 5.75 Å². The lowest BCUT2D eigenvalue weighted by molar-refractivity contribution is -0.126. The van der Waals surface area contributed by atoms with Crippen LogP contribution in [0.25, 0.3) is 10.9 Å². The van der Waals surface area contributed by atoms with Gasteiger partial charge in [0.15, 0.2) is 0 Å². The fourth-order valence-electron chi connectivity index (χ4n) is 3.49. The van der Waals surface area contributed by atoms with E-state index in [-0.39, 0.29) is 17.7 Å². The van der Waals surface area contributed by atoms with Crippen LogP contribution in [0.2, 0.25) is 0 Å². The molecule has 3 rings (SSSR count). The van der Waals surface area contributed by atoms with Crippen molar-refractivity contribution >= 4 is 22.7 Å². The number of aryl methyl sites for hydroxylation is 1. The average Bonchev–Trinajstić information content (AvgIpc) is 2.70. The van der Waals surface area contributed by atoms with E-state index in [1.54, 1.807) is 7.11 Å². The number of methoxy groups -OCH3 is 1. The molecule has 1 N–H and O–H groups in total. The number of pyridine rings is 1. The molecule has 0 bridgehead atoms. The predicted octanol–water partition coefficient (Wildman–Crippen LogP) is 2.93. The van der Waals surface area contributed by atoms with Gasteiger partial charge in [0.25, 0.3) is 5.91 Å². The van der Waals surface area contributed by atoms with Crippen LogP contribution in [-0.2, 0) is 4.79 Å². The Kier molecular flexibility index (Phi) is 5.94. The largest absolute Gasteiger partial charge is 0.497 e. The number of hydrogen-bond donors (Lipinski definition) is 1. The quantitative estimate of drug-likeness (QED) is 0.880. The summed E-state index contributed by atoms with van der Waals surface area (Å²) in [7, 11) is 1.62. The van der Waals surface area contributed by atoms with Crippen LogP contribution in [0.4, 0.5) is 0 Å². The number of fused-ring (bicyclic) bond motifs is 1. The number of ether oxygens (including phenoxy) is 1. The lowest BCUT2D eigenvalue weighted by Gasteiger charge is -2.31. The molecule has 1 fully saturated rings. The number of nitrogens with zero attached hydrogens (tertiary/aromatic N) is 2. The summed E-state index contributed by atoms with van der Waals surface area (Å²) in [6.45, 7) is 5.81. The van der Waals surface area contributed by atoms with Gasteiger partial charge in [-0.1, -0.05) is 6.92 Å². The highest BCUT2D eigenvalue weighted by Gasteiger charge is 2.28. The van der Waals surface area contributed by atoms with Crippen LogP contribution in [0, 0.1) is 12.8 Å². The van der Waals surface area contributed by atoms with Crippen molar-refractivity contribution in [3.8, 4) is 5.75 Å². The highest BCUT2D eigenvalue weighted by Crippen LogP contribution is 2.24. The summed E-state index contributed by atoms with van der Waals surface area (Å²) in [5.41, 5.74) is 2.15. The first-order valence-corrected chi connectivity index (χ1v) is 9.56. The van der Waals surface area contributed by atoms with Gasteiger partial charge in [-0.2, -0.15) is 0 Å². The Hall–Kier alpha value is -2.63. The van der Waals surface area contributed by atoms with Crippen LogP contribution in [0.3, 0.4) is 0 Å². The number of rotatable bonds is 5. The molecule has 27 heavy (non-hydrogen) atoms. The Balaban J connectivity index is 1.71. The summed E-state index contributed by atoms with van der Waals surface area (Å²) in [4.78, 5) is 31.5. The highest BCUT2D eigenvalue weighted by molar-refractivity contribution is 5.99. The van der Waals surface area contributed by atoms with Crippen LogP contribution in [0.1, 0.15) is 42.2 Å². The first-order valence-electron chi connectivity index (χ1n) is 9.56. The van der Waals surface area contributed by atoms with E-state index in [2.05, 4.69) is 10.3 Å². The number of hydrogen-bond acceptors (Lipinski definition) is 4. The third-order valence-electron chi connectivity index (χ3n) is 5.15.